The number of thioether (sulfide) groups is 1. The van der Waals surface area contributed by atoms with Gasteiger partial charge >= 0.3 is 0 Å². The summed E-state index contributed by atoms with van der Waals surface area (Å²) in [6.07, 6.45) is 1.90. The first-order valence-electron chi connectivity index (χ1n) is 8.40. The SMILES string of the molecule is O=C(/C(=C\c1cc(I)c(O)c(I)c1)SCc1ccc(Br)cc1)c1ccc(Br)cc1. The van der Waals surface area contributed by atoms with Crippen molar-refractivity contribution in [2.75, 3.05) is 0 Å². The first-order valence-corrected chi connectivity index (χ1v) is 13.1. The molecule has 0 fully saturated rings. The zero-order valence-corrected chi connectivity index (χ0v) is 23.1. The Morgan fingerprint density at radius 1 is 0.931 bits per heavy atom. The van der Waals surface area contributed by atoms with Gasteiger partial charge in [-0.25, -0.2) is 0 Å². The average molecular weight is 756 g/mol. The number of allylic oxidation sites excluding steroid dienone is 1. The van der Waals surface area contributed by atoms with Gasteiger partial charge in [0, 0.05) is 20.3 Å². The number of hydrogen-bond donors (Lipinski definition) is 1. The predicted molar refractivity (Wildman–Crippen MR) is 145 cm³/mol. The third kappa shape index (κ3) is 6.56. The van der Waals surface area contributed by atoms with Gasteiger partial charge in [-0.1, -0.05) is 44.0 Å². The quantitative estimate of drug-likeness (QED) is 0.156. The molecule has 0 radical (unpaired) electrons. The molecule has 0 aromatic heterocycles. The summed E-state index contributed by atoms with van der Waals surface area (Å²) in [5.74, 6) is 0.942. The van der Waals surface area contributed by atoms with Crippen molar-refractivity contribution < 1.29 is 9.90 Å². The molecule has 7 heteroatoms. The molecule has 0 amide bonds. The summed E-state index contributed by atoms with van der Waals surface area (Å²) in [5.41, 5.74) is 2.67. The Bertz CT molecular complexity index is 1040. The third-order valence-corrected chi connectivity index (χ3v) is 7.77. The van der Waals surface area contributed by atoms with Crippen molar-refractivity contribution in [2.24, 2.45) is 0 Å². The highest BCUT2D eigenvalue weighted by atomic mass is 127. The number of benzene rings is 3. The van der Waals surface area contributed by atoms with Crippen LogP contribution in [0.5, 0.6) is 5.75 Å². The van der Waals surface area contributed by atoms with E-state index in [0.717, 1.165) is 27.2 Å². The number of rotatable bonds is 6. The molecule has 29 heavy (non-hydrogen) atoms. The summed E-state index contributed by atoms with van der Waals surface area (Å²) < 4.78 is 3.48. The van der Waals surface area contributed by atoms with E-state index < -0.39 is 0 Å². The topological polar surface area (TPSA) is 37.3 Å². The normalized spacial score (nSPS) is 11.5. The van der Waals surface area contributed by atoms with Crippen molar-refractivity contribution in [3.8, 4) is 5.75 Å². The van der Waals surface area contributed by atoms with Gasteiger partial charge in [-0.3, -0.25) is 4.79 Å². The Kier molecular flexibility index (Phi) is 8.67. The second-order valence-electron chi connectivity index (χ2n) is 6.09. The standard InChI is InChI=1S/C22H14Br2I2O2S/c23-16-5-1-13(2-6-16)12-29-20(21(27)15-3-7-17(24)8-4-15)11-14-9-18(25)22(28)19(26)10-14/h1-11,28H,12H2/b20-11+. The van der Waals surface area contributed by atoms with Gasteiger partial charge in [0.25, 0.3) is 0 Å². The molecule has 0 aliphatic carbocycles. The van der Waals surface area contributed by atoms with Crippen LogP contribution in [0, 0.1) is 7.14 Å². The largest absolute Gasteiger partial charge is 0.506 e. The third-order valence-electron chi connectivity index (χ3n) is 3.97. The minimum atomic E-state index is -0.0160. The van der Waals surface area contributed by atoms with E-state index in [-0.39, 0.29) is 11.5 Å². The molecular weight excluding hydrogens is 742 g/mol. The molecule has 148 valence electrons. The van der Waals surface area contributed by atoms with Gasteiger partial charge in [0.2, 0.25) is 0 Å². The smallest absolute Gasteiger partial charge is 0.199 e. The lowest BCUT2D eigenvalue weighted by Crippen LogP contribution is -2.01. The maximum atomic E-state index is 13.2. The number of carbonyl (C=O) groups excluding carboxylic acids is 1. The second kappa shape index (κ2) is 10.8. The number of ketones is 1. The molecule has 0 saturated heterocycles. The number of Topliss-reactive ketones (excluding diaryl/α,β-unsaturated/α-hetero) is 1. The van der Waals surface area contributed by atoms with E-state index in [1.807, 2.05) is 66.7 Å². The summed E-state index contributed by atoms with van der Waals surface area (Å²) in [6, 6.07) is 19.3. The molecule has 0 aliphatic heterocycles. The molecule has 2 nitrogen and oxygen atoms in total. The Hall–Kier alpha value is -0.360. The van der Waals surface area contributed by atoms with Crippen LogP contribution in [0.1, 0.15) is 21.5 Å². The van der Waals surface area contributed by atoms with Crippen LogP contribution in [0.25, 0.3) is 6.08 Å². The highest BCUT2D eigenvalue weighted by molar-refractivity contribution is 14.1. The Morgan fingerprint density at radius 3 is 2.00 bits per heavy atom. The van der Waals surface area contributed by atoms with E-state index in [1.165, 1.54) is 11.8 Å². The Balaban J connectivity index is 1.94. The molecular formula is C22H14Br2I2O2S. The van der Waals surface area contributed by atoms with Crippen LogP contribution in [-0.2, 0) is 5.75 Å². The highest BCUT2D eigenvalue weighted by Crippen LogP contribution is 2.32. The van der Waals surface area contributed by atoms with E-state index in [0.29, 0.717) is 16.2 Å². The molecule has 0 heterocycles. The zero-order chi connectivity index (χ0) is 21.0. The van der Waals surface area contributed by atoms with Crippen molar-refractivity contribution in [1.29, 1.82) is 0 Å². The number of halogens is 4. The summed E-state index contributed by atoms with van der Waals surface area (Å²) in [6.45, 7) is 0. The molecule has 0 aliphatic rings. The second-order valence-corrected chi connectivity index (χ2v) is 11.3. The molecule has 0 saturated carbocycles. The van der Waals surface area contributed by atoms with Gasteiger partial charge in [-0.05, 0) is 111 Å². The fraction of sp³-hybridized carbons (Fsp3) is 0.0455. The van der Waals surface area contributed by atoms with Crippen molar-refractivity contribution in [3.63, 3.8) is 0 Å². The van der Waals surface area contributed by atoms with Gasteiger partial charge in [0.05, 0.1) is 12.0 Å². The average Bonchev–Trinajstić information content (AvgIpc) is 2.70. The van der Waals surface area contributed by atoms with Crippen LogP contribution in [0.4, 0.5) is 0 Å². The lowest BCUT2D eigenvalue weighted by atomic mass is 10.1. The van der Waals surface area contributed by atoms with Crippen LogP contribution in [0.15, 0.2) is 74.5 Å². The minimum absolute atomic E-state index is 0.0160. The van der Waals surface area contributed by atoms with Crippen molar-refractivity contribution >= 4 is 101 Å². The van der Waals surface area contributed by atoms with E-state index >= 15 is 0 Å². The van der Waals surface area contributed by atoms with Crippen LogP contribution in [-0.4, -0.2) is 10.9 Å². The number of hydrogen-bond acceptors (Lipinski definition) is 3. The maximum Gasteiger partial charge on any atom is 0.199 e. The molecule has 3 rings (SSSR count). The monoisotopic (exact) mass is 754 g/mol. The van der Waals surface area contributed by atoms with E-state index in [4.69, 9.17) is 0 Å². The van der Waals surface area contributed by atoms with Gasteiger partial charge < -0.3 is 5.11 Å². The minimum Gasteiger partial charge on any atom is -0.506 e. The summed E-state index contributed by atoms with van der Waals surface area (Å²) in [5, 5.41) is 10.0. The lowest BCUT2D eigenvalue weighted by molar-refractivity contribution is 0.104. The highest BCUT2D eigenvalue weighted by Gasteiger charge is 2.15. The predicted octanol–water partition coefficient (Wildman–Crippen LogP) is 8.28. The van der Waals surface area contributed by atoms with Gasteiger partial charge in [0.1, 0.15) is 5.75 Å². The van der Waals surface area contributed by atoms with Crippen LogP contribution >= 0.6 is 88.8 Å². The molecule has 3 aromatic rings. The summed E-state index contributed by atoms with van der Waals surface area (Å²) in [4.78, 5) is 13.9. The fourth-order valence-corrected chi connectivity index (χ4v) is 5.81. The molecule has 3 aromatic carbocycles. The molecule has 0 spiro atoms. The van der Waals surface area contributed by atoms with E-state index in [2.05, 4.69) is 77.0 Å². The molecule has 0 unspecified atom stereocenters. The Labute approximate surface area is 218 Å². The Morgan fingerprint density at radius 2 is 1.45 bits per heavy atom. The van der Waals surface area contributed by atoms with Crippen LogP contribution in [0.3, 0.4) is 0 Å². The maximum absolute atomic E-state index is 13.2. The number of carbonyl (C=O) groups is 1. The van der Waals surface area contributed by atoms with Crippen LogP contribution < -0.4 is 0 Å². The van der Waals surface area contributed by atoms with E-state index in [9.17, 15) is 9.90 Å². The number of phenolic OH excluding ortho intramolecular Hbond substituents is 1. The molecule has 0 atom stereocenters. The van der Waals surface area contributed by atoms with E-state index in [1.54, 1.807) is 0 Å². The zero-order valence-electron chi connectivity index (χ0n) is 14.8. The van der Waals surface area contributed by atoms with Gasteiger partial charge in [0.15, 0.2) is 5.78 Å². The van der Waals surface area contributed by atoms with Crippen LogP contribution in [0.2, 0.25) is 0 Å². The first kappa shape index (κ1) is 23.3. The summed E-state index contributed by atoms with van der Waals surface area (Å²) in [7, 11) is 0. The number of aromatic hydroxyl groups is 1. The first-order chi connectivity index (χ1) is 13.8. The van der Waals surface area contributed by atoms with Crippen molar-refractivity contribution in [3.05, 3.63) is 98.3 Å². The lowest BCUT2D eigenvalue weighted by Gasteiger charge is -2.09. The molecule has 0 bridgehead atoms. The van der Waals surface area contributed by atoms with Crippen molar-refractivity contribution in [2.45, 2.75) is 5.75 Å². The van der Waals surface area contributed by atoms with Gasteiger partial charge in [-0.15, -0.1) is 11.8 Å². The summed E-state index contributed by atoms with van der Waals surface area (Å²) >= 11 is 12.6. The fourth-order valence-electron chi connectivity index (χ4n) is 2.48. The van der Waals surface area contributed by atoms with Gasteiger partial charge in [-0.2, -0.15) is 0 Å². The number of phenols is 1. The molecule has 1 N–H and O–H groups in total. The van der Waals surface area contributed by atoms with Crippen molar-refractivity contribution in [1.82, 2.24) is 0 Å².